The number of amides is 1. The van der Waals surface area contributed by atoms with Crippen molar-refractivity contribution in [1.29, 1.82) is 0 Å². The van der Waals surface area contributed by atoms with Crippen LogP contribution in [0.1, 0.15) is 27.0 Å². The Balaban J connectivity index is 1.72. The number of carbonyl (C=O) groups excluding carboxylic acids is 1. The van der Waals surface area contributed by atoms with E-state index >= 15 is 0 Å². The minimum atomic E-state index is -0.696. The highest BCUT2D eigenvalue weighted by Crippen LogP contribution is 2.13. The van der Waals surface area contributed by atoms with Gasteiger partial charge in [0.1, 0.15) is 11.6 Å². The number of nitrogens with two attached hydrogens (primary N) is 2. The first-order valence-electron chi connectivity index (χ1n) is 11.0. The zero-order valence-electron chi connectivity index (χ0n) is 19.5. The molecule has 0 aliphatic carbocycles. The third-order valence-corrected chi connectivity index (χ3v) is 5.59. The number of carbonyl (C=O) groups is 1. The van der Waals surface area contributed by atoms with E-state index in [0.29, 0.717) is 28.3 Å². The summed E-state index contributed by atoms with van der Waals surface area (Å²) in [6, 6.07) is 17.1. The smallest absolute Gasteiger partial charge is 0.355 e. The first kappa shape index (κ1) is 24.2. The van der Waals surface area contributed by atoms with Gasteiger partial charge in [-0.1, -0.05) is 30.3 Å². The highest BCUT2D eigenvalue weighted by molar-refractivity contribution is 5.92. The summed E-state index contributed by atoms with van der Waals surface area (Å²) in [5.41, 5.74) is 12.5. The molecule has 36 heavy (non-hydrogen) atoms. The second-order valence-corrected chi connectivity index (χ2v) is 7.98. The molecule has 0 aliphatic rings. The van der Waals surface area contributed by atoms with E-state index in [1.165, 1.54) is 4.57 Å². The van der Waals surface area contributed by atoms with E-state index in [1.54, 1.807) is 74.0 Å². The van der Waals surface area contributed by atoms with E-state index < -0.39 is 17.3 Å². The van der Waals surface area contributed by atoms with Crippen molar-refractivity contribution < 1.29 is 9.53 Å². The quantitative estimate of drug-likeness (QED) is 0.317. The number of pyridine rings is 1. The Morgan fingerprint density at radius 1 is 0.972 bits per heavy atom. The van der Waals surface area contributed by atoms with Crippen molar-refractivity contribution in [3.8, 4) is 5.75 Å². The Hall–Kier alpha value is -4.93. The van der Waals surface area contributed by atoms with Crippen LogP contribution in [-0.2, 0) is 19.6 Å². The van der Waals surface area contributed by atoms with Crippen LogP contribution in [0.2, 0.25) is 0 Å². The van der Waals surface area contributed by atoms with Crippen LogP contribution in [0.25, 0.3) is 0 Å². The van der Waals surface area contributed by atoms with Crippen LogP contribution in [0.4, 0.5) is 11.8 Å². The first-order chi connectivity index (χ1) is 17.4. The predicted octanol–water partition coefficient (Wildman–Crippen LogP) is 1.20. The van der Waals surface area contributed by atoms with Crippen molar-refractivity contribution in [3.63, 3.8) is 0 Å². The predicted molar refractivity (Wildman–Crippen MR) is 135 cm³/mol. The van der Waals surface area contributed by atoms with E-state index in [9.17, 15) is 14.4 Å². The number of nitrogens with zero attached hydrogens (tertiary/aromatic N) is 4. The van der Waals surface area contributed by atoms with Gasteiger partial charge in [-0.3, -0.25) is 9.36 Å². The number of nitrogens with one attached hydrogen (secondary N) is 1. The molecule has 0 saturated carbocycles. The van der Waals surface area contributed by atoms with Crippen LogP contribution in [0, 0.1) is 0 Å². The van der Waals surface area contributed by atoms with Gasteiger partial charge in [0.2, 0.25) is 11.9 Å². The molecule has 11 nitrogen and oxygen atoms in total. The Labute approximate surface area is 206 Å². The number of hydrogen-bond donors (Lipinski definition) is 3. The lowest BCUT2D eigenvalue weighted by Crippen LogP contribution is -2.43. The standard InChI is InChI=1S/C25H25N7O4/c1-36-20-10-6-17(7-11-20)15-32-24(34)30-23(29-13-19-3-2-12-28-21(19)26)31(25(32)35)14-16-4-8-18(9-5-16)22(27)33/h2-12H,13-15H2,1H3,(H2,26,28)(H2,27,33)(H,29,30,34). The topological polar surface area (TPSA) is 160 Å². The van der Waals surface area contributed by atoms with Gasteiger partial charge >= 0.3 is 11.4 Å². The fraction of sp³-hybridized carbons (Fsp3) is 0.160. The van der Waals surface area contributed by atoms with Gasteiger partial charge in [-0.25, -0.2) is 19.1 Å². The molecule has 0 radical (unpaired) electrons. The minimum Gasteiger partial charge on any atom is -0.497 e. The molecule has 0 atom stereocenters. The summed E-state index contributed by atoms with van der Waals surface area (Å²) in [4.78, 5) is 46.0. The van der Waals surface area contributed by atoms with Gasteiger partial charge in [0, 0.05) is 23.9 Å². The lowest BCUT2D eigenvalue weighted by molar-refractivity contribution is 0.100. The summed E-state index contributed by atoms with van der Waals surface area (Å²) in [5, 5.41) is 3.04. The van der Waals surface area contributed by atoms with E-state index in [2.05, 4.69) is 15.3 Å². The van der Waals surface area contributed by atoms with Crippen molar-refractivity contribution in [3.05, 3.63) is 110 Å². The lowest BCUT2D eigenvalue weighted by atomic mass is 10.1. The number of aromatic nitrogens is 4. The monoisotopic (exact) mass is 487 g/mol. The number of methoxy groups -OCH3 is 1. The van der Waals surface area contributed by atoms with Crippen molar-refractivity contribution in [2.75, 3.05) is 18.2 Å². The molecule has 184 valence electrons. The molecule has 2 heterocycles. The van der Waals surface area contributed by atoms with E-state index in [-0.39, 0.29) is 25.6 Å². The number of nitrogen functional groups attached to an aromatic ring is 1. The zero-order chi connectivity index (χ0) is 25.7. The third kappa shape index (κ3) is 5.41. The van der Waals surface area contributed by atoms with Gasteiger partial charge in [0.15, 0.2) is 0 Å². The molecule has 0 unspecified atom stereocenters. The number of rotatable bonds is 9. The summed E-state index contributed by atoms with van der Waals surface area (Å²) >= 11 is 0. The van der Waals surface area contributed by atoms with Crippen LogP contribution < -0.4 is 32.9 Å². The summed E-state index contributed by atoms with van der Waals surface area (Å²) in [7, 11) is 1.56. The number of primary amides is 1. The second kappa shape index (κ2) is 10.6. The van der Waals surface area contributed by atoms with E-state index in [0.717, 1.165) is 10.1 Å². The highest BCUT2D eigenvalue weighted by atomic mass is 16.5. The molecular weight excluding hydrogens is 462 g/mol. The number of anilines is 2. The fourth-order valence-electron chi connectivity index (χ4n) is 3.59. The maximum absolute atomic E-state index is 13.5. The molecule has 0 spiro atoms. The summed E-state index contributed by atoms with van der Waals surface area (Å²) < 4.78 is 7.58. The van der Waals surface area contributed by atoms with Crippen molar-refractivity contribution in [2.45, 2.75) is 19.6 Å². The van der Waals surface area contributed by atoms with Crippen LogP contribution in [0.15, 0.2) is 76.4 Å². The highest BCUT2D eigenvalue weighted by Gasteiger charge is 2.15. The number of hydrogen-bond acceptors (Lipinski definition) is 8. The molecule has 11 heteroatoms. The summed E-state index contributed by atoms with van der Waals surface area (Å²) in [5.74, 6) is 0.520. The normalized spacial score (nSPS) is 10.7. The second-order valence-electron chi connectivity index (χ2n) is 7.98. The maximum atomic E-state index is 13.5. The van der Waals surface area contributed by atoms with Crippen LogP contribution in [-0.4, -0.2) is 32.1 Å². The molecule has 4 rings (SSSR count). The summed E-state index contributed by atoms with van der Waals surface area (Å²) in [6.45, 7) is 0.332. The maximum Gasteiger partial charge on any atom is 0.355 e. The summed E-state index contributed by atoms with van der Waals surface area (Å²) in [6.07, 6.45) is 1.57. The Kier molecular flexibility index (Phi) is 7.10. The average molecular weight is 488 g/mol. The largest absolute Gasteiger partial charge is 0.497 e. The molecular formula is C25H25N7O4. The Morgan fingerprint density at radius 2 is 1.61 bits per heavy atom. The number of ether oxygens (including phenoxy) is 1. The molecule has 2 aromatic heterocycles. The van der Waals surface area contributed by atoms with Gasteiger partial charge in [-0.2, -0.15) is 4.98 Å². The Bertz CT molecular complexity index is 1490. The molecule has 2 aromatic carbocycles. The minimum absolute atomic E-state index is 0.0328. The van der Waals surface area contributed by atoms with Crippen molar-refractivity contribution in [1.82, 2.24) is 19.1 Å². The van der Waals surface area contributed by atoms with Gasteiger partial charge < -0.3 is 21.5 Å². The molecule has 0 aliphatic heterocycles. The van der Waals surface area contributed by atoms with Gasteiger partial charge in [-0.15, -0.1) is 0 Å². The molecule has 4 aromatic rings. The van der Waals surface area contributed by atoms with Crippen molar-refractivity contribution >= 4 is 17.7 Å². The fourth-order valence-corrected chi connectivity index (χ4v) is 3.59. The van der Waals surface area contributed by atoms with Gasteiger partial charge in [0.25, 0.3) is 0 Å². The third-order valence-electron chi connectivity index (χ3n) is 5.59. The van der Waals surface area contributed by atoms with Gasteiger partial charge in [0.05, 0.1) is 20.2 Å². The van der Waals surface area contributed by atoms with E-state index in [1.807, 2.05) is 0 Å². The first-order valence-corrected chi connectivity index (χ1v) is 11.0. The molecule has 5 N–H and O–H groups in total. The SMILES string of the molecule is COc1ccc(Cn2c(=O)nc(NCc3cccnc3N)n(Cc3ccc(C(N)=O)cc3)c2=O)cc1. The van der Waals surface area contributed by atoms with Gasteiger partial charge in [-0.05, 0) is 41.5 Å². The Morgan fingerprint density at radius 3 is 2.22 bits per heavy atom. The molecule has 0 bridgehead atoms. The van der Waals surface area contributed by atoms with Crippen LogP contribution in [0.3, 0.4) is 0 Å². The zero-order valence-corrected chi connectivity index (χ0v) is 19.5. The van der Waals surface area contributed by atoms with Crippen LogP contribution in [0.5, 0.6) is 5.75 Å². The van der Waals surface area contributed by atoms with E-state index in [4.69, 9.17) is 16.2 Å². The van der Waals surface area contributed by atoms with Crippen molar-refractivity contribution in [2.24, 2.45) is 5.73 Å². The molecule has 1 amide bonds. The van der Waals surface area contributed by atoms with Crippen LogP contribution >= 0.6 is 0 Å². The average Bonchev–Trinajstić information content (AvgIpc) is 2.88. The molecule has 0 saturated heterocycles. The lowest BCUT2D eigenvalue weighted by Gasteiger charge is -2.16. The molecule has 0 fully saturated rings. The number of benzene rings is 2.